The molecule has 1 N–H and O–H groups in total. The van der Waals surface area contributed by atoms with Crippen molar-refractivity contribution < 1.29 is 18.9 Å². The van der Waals surface area contributed by atoms with E-state index in [-0.39, 0.29) is 5.76 Å². The fourth-order valence-electron chi connectivity index (χ4n) is 2.01. The van der Waals surface area contributed by atoms with Crippen LogP contribution < -0.4 is 10.1 Å². The summed E-state index contributed by atoms with van der Waals surface area (Å²) in [5.74, 6) is -0.191. The fourth-order valence-corrected chi connectivity index (χ4v) is 2.01. The van der Waals surface area contributed by atoms with E-state index in [4.69, 9.17) is 9.15 Å². The first-order valence-electron chi connectivity index (χ1n) is 7.01. The average molecular weight is 324 g/mol. The van der Waals surface area contributed by atoms with E-state index in [0.717, 1.165) is 6.07 Å². The van der Waals surface area contributed by atoms with Crippen LogP contribution in [0.3, 0.4) is 0 Å². The SMILES string of the molecule is O=C(Nc1ccccc1Oc1ccccc1)c1ccc([N+](=O)[O-])o1. The molecule has 3 rings (SSSR count). The van der Waals surface area contributed by atoms with Gasteiger partial charge in [-0.15, -0.1) is 0 Å². The van der Waals surface area contributed by atoms with Gasteiger partial charge < -0.3 is 14.5 Å². The minimum atomic E-state index is -0.705. The maximum atomic E-state index is 12.2. The third kappa shape index (κ3) is 3.41. The zero-order valence-electron chi connectivity index (χ0n) is 12.3. The molecule has 24 heavy (non-hydrogen) atoms. The number of carbonyl (C=O) groups excluding carboxylic acids is 1. The van der Waals surface area contributed by atoms with Crippen molar-refractivity contribution in [1.82, 2.24) is 0 Å². The number of benzene rings is 2. The maximum absolute atomic E-state index is 12.2. The monoisotopic (exact) mass is 324 g/mol. The number of hydrogen-bond donors (Lipinski definition) is 1. The summed E-state index contributed by atoms with van der Waals surface area (Å²) in [6, 6.07) is 18.3. The van der Waals surface area contributed by atoms with Crippen LogP contribution in [0, 0.1) is 10.1 Å². The third-order valence-corrected chi connectivity index (χ3v) is 3.10. The second kappa shape index (κ2) is 6.66. The largest absolute Gasteiger partial charge is 0.455 e. The molecule has 3 aromatic rings. The molecule has 7 heteroatoms. The first kappa shape index (κ1) is 15.3. The van der Waals surface area contributed by atoms with Crippen molar-refractivity contribution in [2.45, 2.75) is 0 Å². The molecule has 0 spiro atoms. The van der Waals surface area contributed by atoms with Crippen LogP contribution >= 0.6 is 0 Å². The first-order chi connectivity index (χ1) is 11.6. The van der Waals surface area contributed by atoms with Gasteiger partial charge in [0.1, 0.15) is 10.7 Å². The van der Waals surface area contributed by atoms with Crippen LogP contribution in [0.15, 0.2) is 71.1 Å². The Morgan fingerprint density at radius 2 is 1.71 bits per heavy atom. The van der Waals surface area contributed by atoms with Crippen LogP contribution in [0.1, 0.15) is 10.6 Å². The van der Waals surface area contributed by atoms with Crippen molar-refractivity contribution in [3.05, 3.63) is 82.6 Å². The quantitative estimate of drug-likeness (QED) is 0.559. The summed E-state index contributed by atoms with van der Waals surface area (Å²) in [7, 11) is 0. The van der Waals surface area contributed by atoms with Gasteiger partial charge in [-0.3, -0.25) is 14.9 Å². The van der Waals surface area contributed by atoms with Crippen molar-refractivity contribution >= 4 is 17.5 Å². The normalized spacial score (nSPS) is 10.2. The molecule has 2 aromatic carbocycles. The highest BCUT2D eigenvalue weighted by Gasteiger charge is 2.18. The molecule has 1 amide bonds. The molecule has 0 aliphatic rings. The Bertz CT molecular complexity index is 873. The molecular formula is C17H12N2O5. The minimum absolute atomic E-state index is 0.156. The molecule has 0 saturated heterocycles. The molecule has 0 bridgehead atoms. The molecule has 120 valence electrons. The lowest BCUT2D eigenvalue weighted by Crippen LogP contribution is -2.11. The Labute approximate surface area is 136 Å². The summed E-state index contributed by atoms with van der Waals surface area (Å²) >= 11 is 0. The number of nitrogens with one attached hydrogen (secondary N) is 1. The Hall–Kier alpha value is -3.61. The van der Waals surface area contributed by atoms with Crippen molar-refractivity contribution in [2.24, 2.45) is 0 Å². The van der Waals surface area contributed by atoms with Crippen LogP contribution in [-0.2, 0) is 0 Å². The Kier molecular flexibility index (Phi) is 4.24. The molecule has 0 saturated carbocycles. The van der Waals surface area contributed by atoms with E-state index in [2.05, 4.69) is 5.32 Å². The molecule has 7 nitrogen and oxygen atoms in total. The molecule has 0 atom stereocenters. The van der Waals surface area contributed by atoms with Gasteiger partial charge in [0.25, 0.3) is 5.91 Å². The van der Waals surface area contributed by atoms with E-state index in [0.29, 0.717) is 17.2 Å². The van der Waals surface area contributed by atoms with E-state index < -0.39 is 16.7 Å². The van der Waals surface area contributed by atoms with E-state index in [1.54, 1.807) is 36.4 Å². The molecule has 0 radical (unpaired) electrons. The van der Waals surface area contributed by atoms with E-state index in [1.165, 1.54) is 6.07 Å². The average Bonchev–Trinajstić information content (AvgIpc) is 3.08. The van der Waals surface area contributed by atoms with Gasteiger partial charge in [0.2, 0.25) is 0 Å². The number of amides is 1. The standard InChI is InChI=1S/C17H12N2O5/c20-17(15-10-11-16(24-15)19(21)22)18-13-8-4-5-9-14(13)23-12-6-2-1-3-7-12/h1-11H,(H,18,20). The Balaban J connectivity index is 1.79. The van der Waals surface area contributed by atoms with Crippen molar-refractivity contribution in [3.8, 4) is 11.5 Å². The lowest BCUT2D eigenvalue weighted by Gasteiger charge is -2.11. The highest BCUT2D eigenvalue weighted by atomic mass is 16.6. The summed E-state index contributed by atoms with van der Waals surface area (Å²) in [6.07, 6.45) is 0. The van der Waals surface area contributed by atoms with E-state index in [9.17, 15) is 14.9 Å². The second-order valence-electron chi connectivity index (χ2n) is 4.76. The molecule has 0 aliphatic carbocycles. The lowest BCUT2D eigenvalue weighted by molar-refractivity contribution is -0.402. The van der Waals surface area contributed by atoms with Crippen LogP contribution in [0.4, 0.5) is 11.6 Å². The summed E-state index contributed by atoms with van der Waals surface area (Å²) in [5.41, 5.74) is 0.422. The van der Waals surface area contributed by atoms with Gasteiger partial charge in [0.05, 0.1) is 11.8 Å². The maximum Gasteiger partial charge on any atom is 0.433 e. The van der Waals surface area contributed by atoms with Crippen molar-refractivity contribution in [1.29, 1.82) is 0 Å². The molecular weight excluding hydrogens is 312 g/mol. The number of rotatable bonds is 5. The Morgan fingerprint density at radius 3 is 2.42 bits per heavy atom. The van der Waals surface area contributed by atoms with Gasteiger partial charge in [-0.2, -0.15) is 0 Å². The summed E-state index contributed by atoms with van der Waals surface area (Å²) in [6.45, 7) is 0. The molecule has 0 fully saturated rings. The number of ether oxygens (including phenoxy) is 1. The fraction of sp³-hybridized carbons (Fsp3) is 0. The Morgan fingerprint density at radius 1 is 1.00 bits per heavy atom. The van der Waals surface area contributed by atoms with Crippen LogP contribution in [0.25, 0.3) is 0 Å². The number of anilines is 1. The smallest absolute Gasteiger partial charge is 0.433 e. The predicted octanol–water partition coefficient (Wildman–Crippen LogP) is 4.23. The molecule has 1 aromatic heterocycles. The number of nitro groups is 1. The lowest BCUT2D eigenvalue weighted by atomic mass is 10.2. The van der Waals surface area contributed by atoms with Gasteiger partial charge in [0.15, 0.2) is 11.5 Å². The number of nitrogens with zero attached hydrogens (tertiary/aromatic N) is 1. The summed E-state index contributed by atoms with van der Waals surface area (Å²) in [5, 5.41) is 13.2. The van der Waals surface area contributed by atoms with Gasteiger partial charge in [-0.05, 0) is 30.3 Å². The topological polar surface area (TPSA) is 94.6 Å². The van der Waals surface area contributed by atoms with Crippen LogP contribution in [0.5, 0.6) is 11.5 Å². The minimum Gasteiger partial charge on any atom is -0.455 e. The highest BCUT2D eigenvalue weighted by Crippen LogP contribution is 2.29. The number of furan rings is 1. The van der Waals surface area contributed by atoms with E-state index >= 15 is 0 Å². The van der Waals surface area contributed by atoms with Gasteiger partial charge in [-0.1, -0.05) is 30.3 Å². The first-order valence-corrected chi connectivity index (χ1v) is 7.01. The number of hydrogen-bond acceptors (Lipinski definition) is 5. The zero-order valence-corrected chi connectivity index (χ0v) is 12.3. The second-order valence-corrected chi connectivity index (χ2v) is 4.76. The summed E-state index contributed by atoms with van der Waals surface area (Å²) in [4.78, 5) is 22.1. The van der Waals surface area contributed by atoms with Gasteiger partial charge >= 0.3 is 5.88 Å². The molecule has 0 aliphatic heterocycles. The number of para-hydroxylation sites is 3. The highest BCUT2D eigenvalue weighted by molar-refractivity contribution is 6.03. The summed E-state index contributed by atoms with van der Waals surface area (Å²) < 4.78 is 10.6. The van der Waals surface area contributed by atoms with Gasteiger partial charge in [-0.25, -0.2) is 0 Å². The molecule has 1 heterocycles. The predicted molar refractivity (Wildman–Crippen MR) is 86.3 cm³/mol. The van der Waals surface area contributed by atoms with Crippen LogP contribution in [0.2, 0.25) is 0 Å². The van der Waals surface area contributed by atoms with E-state index in [1.807, 2.05) is 18.2 Å². The third-order valence-electron chi connectivity index (χ3n) is 3.10. The zero-order chi connectivity index (χ0) is 16.9. The van der Waals surface area contributed by atoms with Crippen molar-refractivity contribution in [3.63, 3.8) is 0 Å². The van der Waals surface area contributed by atoms with Crippen LogP contribution in [-0.4, -0.2) is 10.8 Å². The molecule has 0 unspecified atom stereocenters. The van der Waals surface area contributed by atoms with Gasteiger partial charge in [0, 0.05) is 0 Å². The number of carbonyl (C=O) groups is 1. The van der Waals surface area contributed by atoms with Crippen molar-refractivity contribution in [2.75, 3.05) is 5.32 Å².